The molecule has 0 spiro atoms. The van der Waals surface area contributed by atoms with Gasteiger partial charge < -0.3 is 11.1 Å². The fourth-order valence-electron chi connectivity index (χ4n) is 3.90. The van der Waals surface area contributed by atoms with Crippen LogP contribution in [0.15, 0.2) is 29.2 Å². The van der Waals surface area contributed by atoms with Gasteiger partial charge in [0.15, 0.2) is 0 Å². The average Bonchev–Trinajstić information content (AvgIpc) is 3.05. The van der Waals surface area contributed by atoms with E-state index in [4.69, 9.17) is 5.73 Å². The number of nitrogens with zero attached hydrogens (tertiary/aromatic N) is 1. The zero-order valence-electron chi connectivity index (χ0n) is 15.2. The largest absolute Gasteiger partial charge is 0.352 e. The smallest absolute Gasteiger partial charge is 0.243 e. The van der Waals surface area contributed by atoms with Crippen molar-refractivity contribution in [1.82, 2.24) is 9.62 Å². The SMILES string of the molecule is N[C@@H]1CCC[C@H]1CC(=O)NCc1cccc(S(=O)(=O)N2CCCCC2)c1. The molecule has 2 aliphatic rings. The van der Waals surface area contributed by atoms with E-state index in [1.165, 1.54) is 0 Å². The minimum absolute atomic E-state index is 0.0170. The Labute approximate surface area is 156 Å². The lowest BCUT2D eigenvalue weighted by molar-refractivity contribution is -0.122. The molecule has 0 radical (unpaired) electrons. The van der Waals surface area contributed by atoms with Crippen molar-refractivity contribution in [3.63, 3.8) is 0 Å². The van der Waals surface area contributed by atoms with Crippen LogP contribution in [0.5, 0.6) is 0 Å². The molecule has 1 saturated heterocycles. The van der Waals surface area contributed by atoms with Gasteiger partial charge in [-0.3, -0.25) is 4.79 Å². The highest BCUT2D eigenvalue weighted by atomic mass is 32.2. The highest BCUT2D eigenvalue weighted by Crippen LogP contribution is 2.26. The molecule has 7 heteroatoms. The second kappa shape index (κ2) is 8.50. The molecular formula is C19H29N3O3S. The number of carbonyl (C=O) groups excluding carboxylic acids is 1. The molecule has 1 amide bonds. The van der Waals surface area contributed by atoms with Crippen molar-refractivity contribution in [2.75, 3.05) is 13.1 Å². The van der Waals surface area contributed by atoms with Crippen LogP contribution in [0.25, 0.3) is 0 Å². The number of carbonyl (C=O) groups is 1. The summed E-state index contributed by atoms with van der Waals surface area (Å²) in [5.74, 6) is 0.248. The van der Waals surface area contributed by atoms with E-state index in [9.17, 15) is 13.2 Å². The van der Waals surface area contributed by atoms with Crippen LogP contribution in [-0.2, 0) is 21.4 Å². The molecule has 26 heavy (non-hydrogen) atoms. The van der Waals surface area contributed by atoms with Crippen LogP contribution in [0.1, 0.15) is 50.5 Å². The Morgan fingerprint density at radius 1 is 1.15 bits per heavy atom. The standard InChI is InChI=1S/C19H29N3O3S/c20-18-9-5-7-16(18)13-19(23)21-14-15-6-4-8-17(12-15)26(24,25)22-10-2-1-3-11-22/h4,6,8,12,16,18H,1-3,5,7,9-11,13-14,20H2,(H,21,23)/t16-,18+/m0/s1. The Balaban J connectivity index is 1.59. The second-order valence-corrected chi connectivity index (χ2v) is 9.39. The van der Waals surface area contributed by atoms with Gasteiger partial charge in [0, 0.05) is 32.1 Å². The number of amides is 1. The number of piperidine rings is 1. The lowest BCUT2D eigenvalue weighted by atomic mass is 10.00. The molecule has 144 valence electrons. The maximum Gasteiger partial charge on any atom is 0.243 e. The summed E-state index contributed by atoms with van der Waals surface area (Å²) in [7, 11) is -3.44. The summed E-state index contributed by atoms with van der Waals surface area (Å²) < 4.78 is 27.1. The first-order valence-corrected chi connectivity index (χ1v) is 11.0. The molecule has 1 aliphatic carbocycles. The van der Waals surface area contributed by atoms with Crippen molar-refractivity contribution >= 4 is 15.9 Å². The van der Waals surface area contributed by atoms with Crippen LogP contribution >= 0.6 is 0 Å². The van der Waals surface area contributed by atoms with E-state index in [0.717, 1.165) is 44.1 Å². The van der Waals surface area contributed by atoms with Crippen molar-refractivity contribution in [3.8, 4) is 0 Å². The zero-order valence-corrected chi connectivity index (χ0v) is 16.0. The third-order valence-electron chi connectivity index (χ3n) is 5.51. The molecular weight excluding hydrogens is 350 g/mol. The van der Waals surface area contributed by atoms with Crippen LogP contribution in [0.2, 0.25) is 0 Å². The molecule has 1 aliphatic heterocycles. The minimum Gasteiger partial charge on any atom is -0.352 e. The first-order chi connectivity index (χ1) is 12.5. The van der Waals surface area contributed by atoms with Gasteiger partial charge in [-0.15, -0.1) is 0 Å². The number of benzene rings is 1. The van der Waals surface area contributed by atoms with Gasteiger partial charge in [0.2, 0.25) is 15.9 Å². The van der Waals surface area contributed by atoms with Gasteiger partial charge in [-0.25, -0.2) is 8.42 Å². The summed E-state index contributed by atoms with van der Waals surface area (Å²) in [6.45, 7) is 1.51. The molecule has 1 aromatic rings. The van der Waals surface area contributed by atoms with Crippen molar-refractivity contribution < 1.29 is 13.2 Å². The Morgan fingerprint density at radius 2 is 1.92 bits per heavy atom. The van der Waals surface area contributed by atoms with Gasteiger partial charge in [-0.2, -0.15) is 4.31 Å². The molecule has 1 saturated carbocycles. The van der Waals surface area contributed by atoms with Gasteiger partial charge in [-0.1, -0.05) is 25.0 Å². The van der Waals surface area contributed by atoms with Gasteiger partial charge in [0.1, 0.15) is 0 Å². The number of rotatable bonds is 6. The minimum atomic E-state index is -3.44. The molecule has 0 unspecified atom stereocenters. The fraction of sp³-hybridized carbons (Fsp3) is 0.632. The van der Waals surface area contributed by atoms with Crippen LogP contribution in [-0.4, -0.2) is 37.8 Å². The number of hydrogen-bond acceptors (Lipinski definition) is 4. The molecule has 0 bridgehead atoms. The molecule has 2 fully saturated rings. The summed E-state index contributed by atoms with van der Waals surface area (Å²) in [4.78, 5) is 12.5. The van der Waals surface area contributed by atoms with Crippen LogP contribution in [0.3, 0.4) is 0 Å². The van der Waals surface area contributed by atoms with E-state index >= 15 is 0 Å². The molecule has 3 N–H and O–H groups in total. The molecule has 1 aromatic carbocycles. The van der Waals surface area contributed by atoms with Gasteiger partial charge in [0.25, 0.3) is 0 Å². The number of nitrogens with one attached hydrogen (secondary N) is 1. The first-order valence-electron chi connectivity index (χ1n) is 9.58. The van der Waals surface area contributed by atoms with Crippen LogP contribution < -0.4 is 11.1 Å². The molecule has 2 atom stereocenters. The number of sulfonamides is 1. The zero-order chi connectivity index (χ0) is 18.6. The Hall–Kier alpha value is -1.44. The maximum atomic E-state index is 12.8. The van der Waals surface area contributed by atoms with Crippen LogP contribution in [0, 0.1) is 5.92 Å². The third-order valence-corrected chi connectivity index (χ3v) is 7.40. The van der Waals surface area contributed by atoms with Crippen molar-refractivity contribution in [1.29, 1.82) is 0 Å². The van der Waals surface area contributed by atoms with Gasteiger partial charge in [0.05, 0.1) is 4.90 Å². The monoisotopic (exact) mass is 379 g/mol. The predicted molar refractivity (Wildman–Crippen MR) is 101 cm³/mol. The summed E-state index contributed by atoms with van der Waals surface area (Å²) in [6.07, 6.45) is 6.47. The molecule has 0 aromatic heterocycles. The van der Waals surface area contributed by atoms with Crippen molar-refractivity contribution in [2.24, 2.45) is 11.7 Å². The van der Waals surface area contributed by atoms with E-state index < -0.39 is 10.0 Å². The molecule has 3 rings (SSSR count). The topological polar surface area (TPSA) is 92.5 Å². The van der Waals surface area contributed by atoms with Gasteiger partial charge in [-0.05, 0) is 49.3 Å². The highest BCUT2D eigenvalue weighted by Gasteiger charge is 2.27. The van der Waals surface area contributed by atoms with Crippen molar-refractivity contribution in [2.45, 2.75) is 62.4 Å². The van der Waals surface area contributed by atoms with Crippen molar-refractivity contribution in [3.05, 3.63) is 29.8 Å². The summed E-state index contributed by atoms with van der Waals surface area (Å²) in [5.41, 5.74) is 6.82. The summed E-state index contributed by atoms with van der Waals surface area (Å²) in [6, 6.07) is 7.01. The summed E-state index contributed by atoms with van der Waals surface area (Å²) >= 11 is 0. The molecule has 6 nitrogen and oxygen atoms in total. The fourth-order valence-corrected chi connectivity index (χ4v) is 5.49. The molecule has 1 heterocycles. The highest BCUT2D eigenvalue weighted by molar-refractivity contribution is 7.89. The number of hydrogen-bond donors (Lipinski definition) is 2. The Kier molecular flexibility index (Phi) is 6.32. The lowest BCUT2D eigenvalue weighted by Gasteiger charge is -2.26. The maximum absolute atomic E-state index is 12.8. The Morgan fingerprint density at radius 3 is 2.62 bits per heavy atom. The Bertz CT molecular complexity index is 729. The van der Waals surface area contributed by atoms with E-state index in [1.807, 2.05) is 6.07 Å². The predicted octanol–water partition coefficient (Wildman–Crippen LogP) is 1.99. The third kappa shape index (κ3) is 4.64. The quantitative estimate of drug-likeness (QED) is 0.791. The average molecular weight is 380 g/mol. The van der Waals surface area contributed by atoms with Crippen LogP contribution in [0.4, 0.5) is 0 Å². The first kappa shape index (κ1) is 19.3. The van der Waals surface area contributed by atoms with Gasteiger partial charge >= 0.3 is 0 Å². The summed E-state index contributed by atoms with van der Waals surface area (Å²) in [5, 5.41) is 2.90. The lowest BCUT2D eigenvalue weighted by Crippen LogP contribution is -2.35. The van der Waals surface area contributed by atoms with E-state index in [-0.39, 0.29) is 17.9 Å². The second-order valence-electron chi connectivity index (χ2n) is 7.45. The number of nitrogens with two attached hydrogens (primary N) is 1. The van der Waals surface area contributed by atoms with E-state index in [1.54, 1.807) is 22.5 Å². The normalized spacial score (nSPS) is 24.5. The van der Waals surface area contributed by atoms with E-state index in [0.29, 0.717) is 31.0 Å². The van der Waals surface area contributed by atoms with E-state index in [2.05, 4.69) is 5.32 Å².